The van der Waals surface area contributed by atoms with Crippen LogP contribution in [0.5, 0.6) is 5.75 Å². The van der Waals surface area contributed by atoms with E-state index in [-0.39, 0.29) is 24.7 Å². The zero-order valence-electron chi connectivity index (χ0n) is 14.6. The van der Waals surface area contributed by atoms with E-state index in [1.807, 2.05) is 37.3 Å². The number of ether oxygens (including phenoxy) is 1. The van der Waals surface area contributed by atoms with Crippen LogP contribution in [0, 0.1) is 6.92 Å². The number of carbonyl (C=O) groups is 2. The van der Waals surface area contributed by atoms with Crippen molar-refractivity contribution < 1.29 is 14.3 Å². The second kappa shape index (κ2) is 8.23. The summed E-state index contributed by atoms with van der Waals surface area (Å²) in [5, 5.41) is 3.45. The number of nitrogens with zero attached hydrogens (tertiary/aromatic N) is 1. The van der Waals surface area contributed by atoms with E-state index in [1.165, 1.54) is 0 Å². The lowest BCUT2D eigenvalue weighted by Gasteiger charge is -2.30. The first-order chi connectivity index (χ1) is 12.5. The average molecular weight is 373 g/mol. The van der Waals surface area contributed by atoms with Crippen molar-refractivity contribution in [3.05, 3.63) is 58.6 Å². The highest BCUT2D eigenvalue weighted by Gasteiger charge is 2.24. The molecule has 2 amide bonds. The fourth-order valence-corrected chi connectivity index (χ4v) is 3.09. The molecule has 0 unspecified atom stereocenters. The SMILES string of the molecule is Cc1ccc2c(c1)N(C(=O)CCC(=O)NCc1cccc(Cl)c1)CCO2. The molecule has 5 nitrogen and oxygen atoms in total. The van der Waals surface area contributed by atoms with Crippen molar-refractivity contribution in [3.63, 3.8) is 0 Å². The van der Waals surface area contributed by atoms with Crippen LogP contribution in [0.3, 0.4) is 0 Å². The highest BCUT2D eigenvalue weighted by Crippen LogP contribution is 2.32. The molecule has 0 saturated heterocycles. The van der Waals surface area contributed by atoms with E-state index in [0.29, 0.717) is 30.5 Å². The number of hydrogen-bond acceptors (Lipinski definition) is 3. The average Bonchev–Trinajstić information content (AvgIpc) is 2.64. The Hall–Kier alpha value is -2.53. The minimum atomic E-state index is -0.156. The van der Waals surface area contributed by atoms with Crippen LogP contribution in [0.4, 0.5) is 5.69 Å². The van der Waals surface area contributed by atoms with Gasteiger partial charge in [-0.1, -0.05) is 29.8 Å². The highest BCUT2D eigenvalue weighted by molar-refractivity contribution is 6.30. The predicted molar refractivity (Wildman–Crippen MR) is 102 cm³/mol. The van der Waals surface area contributed by atoms with Crippen LogP contribution in [0.25, 0.3) is 0 Å². The fraction of sp³-hybridized carbons (Fsp3) is 0.300. The summed E-state index contributed by atoms with van der Waals surface area (Å²) in [7, 11) is 0. The van der Waals surface area contributed by atoms with E-state index < -0.39 is 0 Å². The maximum Gasteiger partial charge on any atom is 0.227 e. The second-order valence-electron chi connectivity index (χ2n) is 6.27. The standard InChI is InChI=1S/C20H21ClN2O3/c1-14-5-6-18-17(11-14)23(9-10-26-18)20(25)8-7-19(24)22-13-15-3-2-4-16(21)12-15/h2-6,11-12H,7-10,13H2,1H3,(H,22,24). The zero-order valence-corrected chi connectivity index (χ0v) is 15.4. The van der Waals surface area contributed by atoms with Crippen molar-refractivity contribution >= 4 is 29.1 Å². The minimum absolute atomic E-state index is 0.0712. The summed E-state index contributed by atoms with van der Waals surface area (Å²) in [5.41, 5.74) is 2.77. The van der Waals surface area contributed by atoms with Gasteiger partial charge in [0.1, 0.15) is 12.4 Å². The molecule has 0 aromatic heterocycles. The van der Waals surface area contributed by atoms with Gasteiger partial charge in [-0.3, -0.25) is 9.59 Å². The normalized spacial score (nSPS) is 12.9. The molecule has 0 saturated carbocycles. The van der Waals surface area contributed by atoms with Gasteiger partial charge in [0.05, 0.1) is 12.2 Å². The third kappa shape index (κ3) is 4.55. The first kappa shape index (κ1) is 18.3. The molecule has 2 aromatic rings. The van der Waals surface area contributed by atoms with Gasteiger partial charge >= 0.3 is 0 Å². The molecule has 0 bridgehead atoms. The third-order valence-electron chi connectivity index (χ3n) is 4.22. The Labute approximate surface area is 157 Å². The van der Waals surface area contributed by atoms with Crippen molar-refractivity contribution in [3.8, 4) is 5.75 Å². The van der Waals surface area contributed by atoms with Crippen LogP contribution in [-0.2, 0) is 16.1 Å². The summed E-state index contributed by atoms with van der Waals surface area (Å²) in [4.78, 5) is 26.3. The predicted octanol–water partition coefficient (Wildman–Crippen LogP) is 3.47. The number of aryl methyl sites for hydroxylation is 1. The topological polar surface area (TPSA) is 58.6 Å². The molecular formula is C20H21ClN2O3. The van der Waals surface area contributed by atoms with Crippen LogP contribution in [-0.4, -0.2) is 25.0 Å². The van der Waals surface area contributed by atoms with Crippen LogP contribution < -0.4 is 15.0 Å². The molecule has 26 heavy (non-hydrogen) atoms. The molecule has 136 valence electrons. The fourth-order valence-electron chi connectivity index (χ4n) is 2.88. The number of nitrogens with one attached hydrogen (secondary N) is 1. The Morgan fingerprint density at radius 3 is 2.85 bits per heavy atom. The molecule has 0 aliphatic carbocycles. The first-order valence-corrected chi connectivity index (χ1v) is 8.96. The molecule has 0 atom stereocenters. The molecule has 1 aliphatic rings. The molecule has 0 fully saturated rings. The zero-order chi connectivity index (χ0) is 18.5. The summed E-state index contributed by atoms with van der Waals surface area (Å²) < 4.78 is 5.60. The molecule has 1 heterocycles. The molecule has 1 aliphatic heterocycles. The maximum absolute atomic E-state index is 12.6. The lowest BCUT2D eigenvalue weighted by molar-refractivity contribution is -0.125. The number of rotatable bonds is 5. The Morgan fingerprint density at radius 1 is 1.19 bits per heavy atom. The van der Waals surface area contributed by atoms with Gasteiger partial charge in [0, 0.05) is 24.4 Å². The third-order valence-corrected chi connectivity index (χ3v) is 4.46. The van der Waals surface area contributed by atoms with Crippen LogP contribution in [0.2, 0.25) is 5.02 Å². The van der Waals surface area contributed by atoms with Crippen molar-refractivity contribution in [2.75, 3.05) is 18.1 Å². The quantitative estimate of drug-likeness (QED) is 0.874. The number of halogens is 1. The summed E-state index contributed by atoms with van der Waals surface area (Å²) >= 11 is 5.93. The monoisotopic (exact) mass is 372 g/mol. The Kier molecular flexibility index (Phi) is 5.78. The van der Waals surface area contributed by atoms with E-state index in [2.05, 4.69) is 5.32 Å². The smallest absolute Gasteiger partial charge is 0.227 e. The molecule has 2 aromatic carbocycles. The van der Waals surface area contributed by atoms with Gasteiger partial charge in [0.25, 0.3) is 0 Å². The van der Waals surface area contributed by atoms with Gasteiger partial charge in [0.15, 0.2) is 0 Å². The molecule has 0 spiro atoms. The van der Waals surface area contributed by atoms with E-state index in [0.717, 1.165) is 16.8 Å². The first-order valence-electron chi connectivity index (χ1n) is 8.58. The van der Waals surface area contributed by atoms with Crippen molar-refractivity contribution in [2.24, 2.45) is 0 Å². The Balaban J connectivity index is 1.53. The van der Waals surface area contributed by atoms with Gasteiger partial charge in [0.2, 0.25) is 11.8 Å². The van der Waals surface area contributed by atoms with E-state index in [1.54, 1.807) is 17.0 Å². The summed E-state index contributed by atoms with van der Waals surface area (Å²) in [6.07, 6.45) is 0.312. The molecule has 3 rings (SSSR count). The van der Waals surface area contributed by atoms with Crippen LogP contribution in [0.15, 0.2) is 42.5 Å². The molecule has 1 N–H and O–H groups in total. The van der Waals surface area contributed by atoms with Crippen molar-refractivity contribution in [1.82, 2.24) is 5.32 Å². The largest absolute Gasteiger partial charge is 0.490 e. The van der Waals surface area contributed by atoms with E-state index in [9.17, 15) is 9.59 Å². The lowest BCUT2D eigenvalue weighted by atomic mass is 10.1. The molecule has 6 heteroatoms. The molecule has 0 radical (unpaired) electrons. The summed E-state index contributed by atoms with van der Waals surface area (Å²) in [6, 6.07) is 13.1. The maximum atomic E-state index is 12.6. The van der Waals surface area contributed by atoms with Crippen molar-refractivity contribution in [1.29, 1.82) is 0 Å². The lowest BCUT2D eigenvalue weighted by Crippen LogP contribution is -2.38. The van der Waals surface area contributed by atoms with Gasteiger partial charge in [-0.15, -0.1) is 0 Å². The number of fused-ring (bicyclic) bond motifs is 1. The molecular weight excluding hydrogens is 352 g/mol. The Bertz CT molecular complexity index is 822. The number of anilines is 1. The van der Waals surface area contributed by atoms with Gasteiger partial charge in [-0.05, 0) is 42.3 Å². The number of carbonyl (C=O) groups excluding carboxylic acids is 2. The number of benzene rings is 2. The van der Waals surface area contributed by atoms with Crippen molar-refractivity contribution in [2.45, 2.75) is 26.3 Å². The van der Waals surface area contributed by atoms with Gasteiger partial charge in [-0.2, -0.15) is 0 Å². The highest BCUT2D eigenvalue weighted by atomic mass is 35.5. The van der Waals surface area contributed by atoms with Crippen LogP contribution >= 0.6 is 11.6 Å². The van der Waals surface area contributed by atoms with Gasteiger partial charge < -0.3 is 15.0 Å². The van der Waals surface area contributed by atoms with Crippen LogP contribution in [0.1, 0.15) is 24.0 Å². The van der Waals surface area contributed by atoms with Gasteiger partial charge in [-0.25, -0.2) is 0 Å². The number of hydrogen-bond donors (Lipinski definition) is 1. The van der Waals surface area contributed by atoms with E-state index >= 15 is 0 Å². The minimum Gasteiger partial charge on any atom is -0.490 e. The van der Waals surface area contributed by atoms with E-state index in [4.69, 9.17) is 16.3 Å². The summed E-state index contributed by atoms with van der Waals surface area (Å²) in [5.74, 6) is 0.481. The Morgan fingerprint density at radius 2 is 2.04 bits per heavy atom. The number of amides is 2. The second-order valence-corrected chi connectivity index (χ2v) is 6.71. The summed E-state index contributed by atoms with van der Waals surface area (Å²) in [6.45, 7) is 3.33.